The molecule has 2 heteroatoms. The van der Waals surface area contributed by atoms with Gasteiger partial charge in [-0.1, -0.05) is 31.9 Å². The minimum Gasteiger partial charge on any atom is -0.315 e. The van der Waals surface area contributed by atoms with Gasteiger partial charge >= 0.3 is 0 Å². The zero-order valence-electron chi connectivity index (χ0n) is 10.6. The molecule has 15 heavy (non-hydrogen) atoms. The normalized spacial score (nSPS) is 20.1. The maximum absolute atomic E-state index is 3.48. The average Bonchev–Trinajstić information content (AvgIpc) is 2.24. The first-order chi connectivity index (χ1) is 7.27. The third-order valence-electron chi connectivity index (χ3n) is 3.13. The third kappa shape index (κ3) is 4.35. The average molecular weight is 210 g/mol. The standard InChI is InChI=1S/C13H26N2/c1-4-7-13(10-14-5-2)15-9-6-8-12(3)11-15/h8,13-14H,4-7,9-11H2,1-3H3. The summed E-state index contributed by atoms with van der Waals surface area (Å²) in [6.07, 6.45) is 6.22. The zero-order chi connectivity index (χ0) is 11.1. The summed E-state index contributed by atoms with van der Waals surface area (Å²) < 4.78 is 0. The maximum Gasteiger partial charge on any atom is 0.0224 e. The van der Waals surface area contributed by atoms with Gasteiger partial charge in [-0.15, -0.1) is 0 Å². The van der Waals surface area contributed by atoms with Crippen LogP contribution in [-0.2, 0) is 0 Å². The highest BCUT2D eigenvalue weighted by atomic mass is 15.2. The van der Waals surface area contributed by atoms with Crippen LogP contribution in [0.5, 0.6) is 0 Å². The van der Waals surface area contributed by atoms with Gasteiger partial charge in [-0.25, -0.2) is 0 Å². The summed E-state index contributed by atoms with van der Waals surface area (Å²) in [6.45, 7) is 11.4. The van der Waals surface area contributed by atoms with E-state index >= 15 is 0 Å². The first-order valence-electron chi connectivity index (χ1n) is 6.38. The van der Waals surface area contributed by atoms with Crippen LogP contribution in [0.2, 0.25) is 0 Å². The molecule has 1 aliphatic heterocycles. The van der Waals surface area contributed by atoms with Crippen LogP contribution < -0.4 is 5.32 Å². The molecular weight excluding hydrogens is 184 g/mol. The van der Waals surface area contributed by atoms with Gasteiger partial charge in [0.15, 0.2) is 0 Å². The molecule has 0 aromatic heterocycles. The lowest BCUT2D eigenvalue weighted by Crippen LogP contribution is -2.44. The first kappa shape index (κ1) is 12.7. The van der Waals surface area contributed by atoms with Gasteiger partial charge in [0.1, 0.15) is 0 Å². The summed E-state index contributed by atoms with van der Waals surface area (Å²) in [5.74, 6) is 0. The fourth-order valence-electron chi connectivity index (χ4n) is 2.31. The molecule has 0 aromatic rings. The van der Waals surface area contributed by atoms with Crippen molar-refractivity contribution in [3.63, 3.8) is 0 Å². The van der Waals surface area contributed by atoms with Crippen molar-refractivity contribution in [1.82, 2.24) is 10.2 Å². The Hall–Kier alpha value is -0.340. The van der Waals surface area contributed by atoms with E-state index in [0.29, 0.717) is 0 Å². The van der Waals surface area contributed by atoms with E-state index in [1.54, 1.807) is 5.57 Å². The van der Waals surface area contributed by atoms with Gasteiger partial charge in [-0.2, -0.15) is 0 Å². The van der Waals surface area contributed by atoms with Crippen molar-refractivity contribution >= 4 is 0 Å². The van der Waals surface area contributed by atoms with E-state index in [1.165, 1.54) is 32.4 Å². The minimum absolute atomic E-state index is 0.735. The Balaban J connectivity index is 2.43. The van der Waals surface area contributed by atoms with Crippen LogP contribution in [-0.4, -0.2) is 37.1 Å². The molecule has 0 saturated carbocycles. The minimum atomic E-state index is 0.735. The number of rotatable bonds is 6. The molecule has 1 aliphatic rings. The Kier molecular flexibility index (Phi) is 5.96. The van der Waals surface area contributed by atoms with E-state index < -0.39 is 0 Å². The summed E-state index contributed by atoms with van der Waals surface area (Å²) in [7, 11) is 0. The Morgan fingerprint density at radius 1 is 1.47 bits per heavy atom. The van der Waals surface area contributed by atoms with Gasteiger partial charge in [-0.05, 0) is 26.3 Å². The molecule has 1 N–H and O–H groups in total. The van der Waals surface area contributed by atoms with E-state index in [-0.39, 0.29) is 0 Å². The second-order valence-electron chi connectivity index (χ2n) is 4.56. The molecule has 1 rings (SSSR count). The van der Waals surface area contributed by atoms with E-state index in [0.717, 1.165) is 19.1 Å². The van der Waals surface area contributed by atoms with Crippen LogP contribution in [0.3, 0.4) is 0 Å². The lowest BCUT2D eigenvalue weighted by Gasteiger charge is -2.34. The van der Waals surface area contributed by atoms with Gasteiger partial charge in [0.25, 0.3) is 0 Å². The third-order valence-corrected chi connectivity index (χ3v) is 3.13. The van der Waals surface area contributed by atoms with Gasteiger partial charge in [0.05, 0.1) is 0 Å². The van der Waals surface area contributed by atoms with E-state index in [9.17, 15) is 0 Å². The van der Waals surface area contributed by atoms with Crippen molar-refractivity contribution in [2.45, 2.75) is 46.1 Å². The van der Waals surface area contributed by atoms with Gasteiger partial charge < -0.3 is 5.32 Å². The predicted octanol–water partition coefficient (Wildman–Crippen LogP) is 2.42. The van der Waals surface area contributed by atoms with Crippen LogP contribution in [0.15, 0.2) is 11.6 Å². The van der Waals surface area contributed by atoms with Crippen molar-refractivity contribution < 1.29 is 0 Å². The van der Waals surface area contributed by atoms with Crippen LogP contribution in [0.4, 0.5) is 0 Å². The van der Waals surface area contributed by atoms with Crippen molar-refractivity contribution in [3.05, 3.63) is 11.6 Å². The van der Waals surface area contributed by atoms with E-state index in [4.69, 9.17) is 0 Å². The molecule has 0 aromatic carbocycles. The lowest BCUT2D eigenvalue weighted by atomic mass is 10.1. The fraction of sp³-hybridized carbons (Fsp3) is 0.846. The Bertz CT molecular complexity index is 199. The molecule has 0 bridgehead atoms. The van der Waals surface area contributed by atoms with Crippen molar-refractivity contribution in [2.24, 2.45) is 0 Å². The predicted molar refractivity (Wildman–Crippen MR) is 67.2 cm³/mol. The summed E-state index contributed by atoms with van der Waals surface area (Å²) in [6, 6.07) is 0.735. The molecule has 0 radical (unpaired) electrons. The molecule has 2 nitrogen and oxygen atoms in total. The zero-order valence-corrected chi connectivity index (χ0v) is 10.6. The molecule has 1 heterocycles. The summed E-state index contributed by atoms with van der Waals surface area (Å²) >= 11 is 0. The Labute approximate surface area is 94.7 Å². The number of hydrogen-bond acceptors (Lipinski definition) is 2. The van der Waals surface area contributed by atoms with Crippen LogP contribution in [0.25, 0.3) is 0 Å². The first-order valence-corrected chi connectivity index (χ1v) is 6.38. The highest BCUT2D eigenvalue weighted by molar-refractivity contribution is 5.05. The second-order valence-corrected chi connectivity index (χ2v) is 4.56. The smallest absolute Gasteiger partial charge is 0.0224 e. The van der Waals surface area contributed by atoms with Crippen molar-refractivity contribution in [2.75, 3.05) is 26.2 Å². The van der Waals surface area contributed by atoms with Crippen LogP contribution in [0, 0.1) is 0 Å². The Morgan fingerprint density at radius 2 is 2.27 bits per heavy atom. The molecule has 0 saturated heterocycles. The number of nitrogens with one attached hydrogen (secondary N) is 1. The topological polar surface area (TPSA) is 15.3 Å². The highest BCUT2D eigenvalue weighted by Gasteiger charge is 2.18. The lowest BCUT2D eigenvalue weighted by molar-refractivity contribution is 0.192. The number of likely N-dealkylation sites (N-methyl/N-ethyl adjacent to an activating group) is 1. The monoisotopic (exact) mass is 210 g/mol. The molecular formula is C13H26N2. The molecule has 0 aliphatic carbocycles. The van der Waals surface area contributed by atoms with Crippen LogP contribution >= 0.6 is 0 Å². The van der Waals surface area contributed by atoms with E-state index in [1.807, 2.05) is 0 Å². The fourth-order valence-corrected chi connectivity index (χ4v) is 2.31. The maximum atomic E-state index is 3.48. The quantitative estimate of drug-likeness (QED) is 0.677. The van der Waals surface area contributed by atoms with Crippen LogP contribution in [0.1, 0.15) is 40.0 Å². The van der Waals surface area contributed by atoms with Crippen molar-refractivity contribution in [3.8, 4) is 0 Å². The molecule has 0 amide bonds. The summed E-state index contributed by atoms with van der Waals surface area (Å²) in [4.78, 5) is 2.64. The highest BCUT2D eigenvalue weighted by Crippen LogP contribution is 2.14. The summed E-state index contributed by atoms with van der Waals surface area (Å²) in [5.41, 5.74) is 1.54. The summed E-state index contributed by atoms with van der Waals surface area (Å²) in [5, 5.41) is 3.48. The molecule has 0 spiro atoms. The SMILES string of the molecule is CCCC(CNCC)N1CCC=C(C)C1. The largest absolute Gasteiger partial charge is 0.315 e. The molecule has 0 fully saturated rings. The molecule has 1 unspecified atom stereocenters. The number of hydrogen-bond donors (Lipinski definition) is 1. The number of nitrogens with zero attached hydrogens (tertiary/aromatic N) is 1. The van der Waals surface area contributed by atoms with E-state index in [2.05, 4.69) is 37.1 Å². The van der Waals surface area contributed by atoms with Gasteiger partial charge in [0.2, 0.25) is 0 Å². The molecule has 1 atom stereocenters. The second kappa shape index (κ2) is 7.02. The van der Waals surface area contributed by atoms with Gasteiger partial charge in [-0.3, -0.25) is 4.90 Å². The van der Waals surface area contributed by atoms with Gasteiger partial charge in [0, 0.05) is 25.7 Å². The molecule has 88 valence electrons. The Morgan fingerprint density at radius 3 is 2.87 bits per heavy atom. The van der Waals surface area contributed by atoms with Crippen molar-refractivity contribution in [1.29, 1.82) is 0 Å².